The van der Waals surface area contributed by atoms with Crippen molar-refractivity contribution in [3.8, 4) is 5.75 Å². The van der Waals surface area contributed by atoms with Gasteiger partial charge in [-0.25, -0.2) is 0 Å². The molecule has 98 valence electrons. The first-order valence-corrected chi connectivity index (χ1v) is 6.68. The van der Waals surface area contributed by atoms with Crippen LogP contribution in [0.25, 0.3) is 0 Å². The molecule has 5 heteroatoms. The number of carbonyl (C=O) groups excluding carboxylic acids is 1. The van der Waals surface area contributed by atoms with Gasteiger partial charge in [-0.15, -0.1) is 0 Å². The minimum Gasteiger partial charge on any atom is -0.496 e. The standard InChI is InChI=1S/C14H11BrClNO2/c1-19-13-7-6-9(8-11(13)15)17-14(18)10-4-2-3-5-12(10)16/h2-8H,1H3,(H,17,18). The smallest absolute Gasteiger partial charge is 0.257 e. The Morgan fingerprint density at radius 2 is 2.00 bits per heavy atom. The Bertz CT molecular complexity index is 616. The highest BCUT2D eigenvalue weighted by Gasteiger charge is 2.10. The maximum Gasteiger partial charge on any atom is 0.257 e. The second-order valence-corrected chi connectivity index (χ2v) is 5.04. The van der Waals surface area contributed by atoms with Crippen LogP contribution >= 0.6 is 27.5 Å². The first kappa shape index (κ1) is 13.9. The average molecular weight is 341 g/mol. The molecule has 0 aliphatic heterocycles. The summed E-state index contributed by atoms with van der Waals surface area (Å²) in [6.07, 6.45) is 0. The molecule has 0 heterocycles. The van der Waals surface area contributed by atoms with Gasteiger partial charge in [0, 0.05) is 5.69 Å². The average Bonchev–Trinajstić information content (AvgIpc) is 2.39. The summed E-state index contributed by atoms with van der Waals surface area (Å²) >= 11 is 9.34. The maximum absolute atomic E-state index is 12.1. The zero-order valence-corrected chi connectivity index (χ0v) is 12.5. The van der Waals surface area contributed by atoms with Gasteiger partial charge in [-0.05, 0) is 46.3 Å². The number of benzene rings is 2. The first-order valence-electron chi connectivity index (χ1n) is 5.51. The molecule has 3 nitrogen and oxygen atoms in total. The van der Waals surface area contributed by atoms with Crippen molar-refractivity contribution in [2.75, 3.05) is 12.4 Å². The molecule has 1 amide bonds. The summed E-state index contributed by atoms with van der Waals surface area (Å²) in [5.41, 5.74) is 1.11. The van der Waals surface area contributed by atoms with Crippen LogP contribution in [-0.2, 0) is 0 Å². The Kier molecular flexibility index (Phi) is 4.45. The molecule has 0 spiro atoms. The normalized spacial score (nSPS) is 10.1. The van der Waals surface area contributed by atoms with E-state index in [0.29, 0.717) is 22.0 Å². The van der Waals surface area contributed by atoms with E-state index in [0.717, 1.165) is 4.47 Å². The highest BCUT2D eigenvalue weighted by Crippen LogP contribution is 2.28. The molecular formula is C14H11BrClNO2. The predicted octanol–water partition coefficient (Wildman–Crippen LogP) is 4.36. The molecule has 0 saturated heterocycles. The summed E-state index contributed by atoms with van der Waals surface area (Å²) < 4.78 is 5.90. The van der Waals surface area contributed by atoms with Gasteiger partial charge >= 0.3 is 0 Å². The van der Waals surface area contributed by atoms with Crippen molar-refractivity contribution in [3.63, 3.8) is 0 Å². The lowest BCUT2D eigenvalue weighted by molar-refractivity contribution is 0.102. The second-order valence-electron chi connectivity index (χ2n) is 3.78. The van der Waals surface area contributed by atoms with E-state index in [1.807, 2.05) is 0 Å². The van der Waals surface area contributed by atoms with E-state index in [-0.39, 0.29) is 5.91 Å². The first-order chi connectivity index (χ1) is 9.11. The molecule has 1 N–H and O–H groups in total. The fourth-order valence-electron chi connectivity index (χ4n) is 1.59. The van der Waals surface area contributed by atoms with E-state index in [1.54, 1.807) is 49.6 Å². The molecule has 2 aromatic rings. The molecule has 0 aliphatic carbocycles. The predicted molar refractivity (Wildman–Crippen MR) is 80.1 cm³/mol. The summed E-state index contributed by atoms with van der Waals surface area (Å²) in [5.74, 6) is 0.457. The summed E-state index contributed by atoms with van der Waals surface area (Å²) in [7, 11) is 1.59. The lowest BCUT2D eigenvalue weighted by atomic mass is 10.2. The van der Waals surface area contributed by atoms with E-state index in [2.05, 4.69) is 21.2 Å². The minimum absolute atomic E-state index is 0.248. The second kappa shape index (κ2) is 6.08. The Morgan fingerprint density at radius 3 is 2.63 bits per heavy atom. The number of anilines is 1. The molecule has 19 heavy (non-hydrogen) atoms. The topological polar surface area (TPSA) is 38.3 Å². The van der Waals surface area contributed by atoms with E-state index >= 15 is 0 Å². The summed E-state index contributed by atoms with van der Waals surface area (Å²) in [5, 5.41) is 3.21. The van der Waals surface area contributed by atoms with Crippen LogP contribution in [0.15, 0.2) is 46.9 Å². The fourth-order valence-corrected chi connectivity index (χ4v) is 2.35. The number of ether oxygens (including phenoxy) is 1. The largest absolute Gasteiger partial charge is 0.496 e. The molecule has 0 atom stereocenters. The fraction of sp³-hybridized carbons (Fsp3) is 0.0714. The molecule has 0 aliphatic rings. The molecule has 2 rings (SSSR count). The van der Waals surface area contributed by atoms with Crippen LogP contribution in [0, 0.1) is 0 Å². The van der Waals surface area contributed by atoms with Gasteiger partial charge in [-0.2, -0.15) is 0 Å². The molecule has 0 bridgehead atoms. The quantitative estimate of drug-likeness (QED) is 0.901. The molecule has 0 saturated carbocycles. The minimum atomic E-state index is -0.248. The van der Waals surface area contributed by atoms with Gasteiger partial charge in [-0.1, -0.05) is 23.7 Å². The van der Waals surface area contributed by atoms with Gasteiger partial charge < -0.3 is 10.1 Å². The summed E-state index contributed by atoms with van der Waals surface area (Å²) in [6.45, 7) is 0. The molecule has 0 unspecified atom stereocenters. The number of nitrogens with one attached hydrogen (secondary N) is 1. The van der Waals surface area contributed by atoms with Gasteiger partial charge in [0.1, 0.15) is 5.75 Å². The van der Waals surface area contributed by atoms with E-state index in [9.17, 15) is 4.79 Å². The zero-order chi connectivity index (χ0) is 13.8. The number of rotatable bonds is 3. The molecule has 0 aromatic heterocycles. The van der Waals surface area contributed by atoms with Crippen LogP contribution in [0.4, 0.5) is 5.69 Å². The van der Waals surface area contributed by atoms with Crippen LogP contribution in [0.1, 0.15) is 10.4 Å². The Balaban J connectivity index is 2.20. The summed E-state index contributed by atoms with van der Waals surface area (Å²) in [4.78, 5) is 12.1. The highest BCUT2D eigenvalue weighted by atomic mass is 79.9. The van der Waals surface area contributed by atoms with Crippen molar-refractivity contribution in [2.24, 2.45) is 0 Å². The Morgan fingerprint density at radius 1 is 1.26 bits per heavy atom. The highest BCUT2D eigenvalue weighted by molar-refractivity contribution is 9.10. The van der Waals surface area contributed by atoms with Crippen LogP contribution in [0.5, 0.6) is 5.75 Å². The van der Waals surface area contributed by atoms with Crippen molar-refractivity contribution < 1.29 is 9.53 Å². The Hall–Kier alpha value is -1.52. The third kappa shape index (κ3) is 3.28. The number of hydrogen-bond acceptors (Lipinski definition) is 2. The van der Waals surface area contributed by atoms with Gasteiger partial charge in [0.2, 0.25) is 0 Å². The molecule has 0 fully saturated rings. The van der Waals surface area contributed by atoms with E-state index in [1.165, 1.54) is 0 Å². The number of carbonyl (C=O) groups is 1. The SMILES string of the molecule is COc1ccc(NC(=O)c2ccccc2Cl)cc1Br. The number of methoxy groups -OCH3 is 1. The molecule has 0 radical (unpaired) electrons. The molecule has 2 aromatic carbocycles. The lowest BCUT2D eigenvalue weighted by Crippen LogP contribution is -2.12. The number of halogens is 2. The lowest BCUT2D eigenvalue weighted by Gasteiger charge is -2.09. The van der Waals surface area contributed by atoms with Crippen LogP contribution < -0.4 is 10.1 Å². The van der Waals surface area contributed by atoms with Crippen molar-refractivity contribution in [3.05, 3.63) is 57.5 Å². The van der Waals surface area contributed by atoms with Gasteiger partial charge in [0.15, 0.2) is 0 Å². The van der Waals surface area contributed by atoms with Crippen molar-refractivity contribution in [1.82, 2.24) is 0 Å². The Labute approximate surface area is 124 Å². The molecular weight excluding hydrogens is 330 g/mol. The van der Waals surface area contributed by atoms with Crippen molar-refractivity contribution >= 4 is 39.1 Å². The maximum atomic E-state index is 12.1. The van der Waals surface area contributed by atoms with Gasteiger partial charge in [0.25, 0.3) is 5.91 Å². The van der Waals surface area contributed by atoms with Crippen LogP contribution in [0.2, 0.25) is 5.02 Å². The van der Waals surface area contributed by atoms with Gasteiger partial charge in [0.05, 0.1) is 22.2 Å². The number of hydrogen-bond donors (Lipinski definition) is 1. The van der Waals surface area contributed by atoms with Gasteiger partial charge in [-0.3, -0.25) is 4.79 Å². The van der Waals surface area contributed by atoms with Crippen molar-refractivity contribution in [2.45, 2.75) is 0 Å². The van der Waals surface area contributed by atoms with E-state index in [4.69, 9.17) is 16.3 Å². The summed E-state index contributed by atoms with van der Waals surface area (Å²) in [6, 6.07) is 12.2. The monoisotopic (exact) mass is 339 g/mol. The van der Waals surface area contributed by atoms with Crippen LogP contribution in [-0.4, -0.2) is 13.0 Å². The van der Waals surface area contributed by atoms with E-state index < -0.39 is 0 Å². The third-order valence-corrected chi connectivity index (χ3v) is 3.48. The third-order valence-electron chi connectivity index (χ3n) is 2.53. The van der Waals surface area contributed by atoms with Crippen LogP contribution in [0.3, 0.4) is 0 Å². The zero-order valence-electron chi connectivity index (χ0n) is 10.1. The van der Waals surface area contributed by atoms with Crippen molar-refractivity contribution in [1.29, 1.82) is 0 Å². The number of amides is 1.